The zero-order valence-electron chi connectivity index (χ0n) is 86.5. The van der Waals surface area contributed by atoms with E-state index in [9.17, 15) is 59.0 Å². The van der Waals surface area contributed by atoms with Crippen LogP contribution in [-0.2, 0) is 69.0 Å². The highest BCUT2D eigenvalue weighted by Gasteiger charge is 2.40. The molecule has 0 bridgehead atoms. The number of allylic oxidation sites excluding steroid dienone is 1. The molecule has 0 spiro atoms. The van der Waals surface area contributed by atoms with Crippen LogP contribution in [0, 0.1) is 65.0 Å². The summed E-state index contributed by atoms with van der Waals surface area (Å²) in [6, 6.07) is 32.6. The van der Waals surface area contributed by atoms with Crippen molar-refractivity contribution in [2.45, 2.75) is 238 Å². The number of aromatic nitrogens is 29. The lowest BCUT2D eigenvalue weighted by atomic mass is 9.78. The van der Waals surface area contributed by atoms with Gasteiger partial charge in [0.2, 0.25) is 0 Å². The number of aromatic amines is 6. The first kappa shape index (κ1) is 115. The van der Waals surface area contributed by atoms with Gasteiger partial charge in [-0.05, 0) is 221 Å². The van der Waals surface area contributed by atoms with Gasteiger partial charge in [0.15, 0.2) is 34.9 Å². The second-order valence-corrected chi connectivity index (χ2v) is 40.0. The fourth-order valence-corrected chi connectivity index (χ4v) is 19.7. The highest BCUT2D eigenvalue weighted by Crippen LogP contribution is 2.41. The maximum absolute atomic E-state index is 14.7. The minimum absolute atomic E-state index is 0.0870. The molecule has 0 aliphatic carbocycles. The Balaban J connectivity index is 0.000000171. The number of aliphatic carboxylic acids is 5. The summed E-state index contributed by atoms with van der Waals surface area (Å²) in [5.74, 6) is -4.28. The highest BCUT2D eigenvalue weighted by atomic mass is 19.1. The number of nitrogens with zero attached hydrogens (tertiary/aromatic N) is 23. The number of nitrogen functional groups attached to an aromatic ring is 2. The molecular formula is C103H142FN35O11. The molecule has 3 fully saturated rings. The molecule has 3 aliphatic rings. The van der Waals surface area contributed by atoms with Gasteiger partial charge in [0.05, 0.1) is 52.9 Å². The van der Waals surface area contributed by atoms with Gasteiger partial charge in [0.1, 0.15) is 11.6 Å². The number of aliphatic hydroxyl groups is 1. The third-order valence-electron chi connectivity index (χ3n) is 27.3. The number of pyridine rings is 5. The molecule has 16 rings (SSSR count). The summed E-state index contributed by atoms with van der Waals surface area (Å²) in [6.45, 7) is 30.1. The normalized spacial score (nSPS) is 16.4. The van der Waals surface area contributed by atoms with Crippen molar-refractivity contribution in [2.75, 3.05) is 50.7 Å². The summed E-state index contributed by atoms with van der Waals surface area (Å²) in [6.07, 6.45) is 20.3. The Morgan fingerprint density at radius 3 is 1.12 bits per heavy atom. The van der Waals surface area contributed by atoms with E-state index in [2.05, 4.69) is 183 Å². The third kappa shape index (κ3) is 34.7. The first-order valence-electron chi connectivity index (χ1n) is 51.1. The Morgan fingerprint density at radius 2 is 0.773 bits per heavy atom. The minimum Gasteiger partial charge on any atom is -0.513 e. The molecule has 2 aromatic carbocycles. The van der Waals surface area contributed by atoms with E-state index in [-0.39, 0.29) is 82.6 Å². The summed E-state index contributed by atoms with van der Waals surface area (Å²) in [7, 11) is 0. The lowest BCUT2D eigenvalue weighted by molar-refractivity contribution is -0.144. The fourth-order valence-electron chi connectivity index (χ4n) is 19.7. The minimum atomic E-state index is -0.859. The molecule has 150 heavy (non-hydrogen) atoms. The van der Waals surface area contributed by atoms with Gasteiger partial charge in [-0.25, -0.2) is 9.37 Å². The number of nitrogens with two attached hydrogens (primary N) is 3. The number of rotatable bonds is 46. The van der Waals surface area contributed by atoms with E-state index in [1.807, 2.05) is 148 Å². The molecule has 47 heteroatoms. The number of hydrogen-bond donors (Lipinski definition) is 18. The zero-order valence-corrected chi connectivity index (χ0v) is 86.5. The van der Waals surface area contributed by atoms with Crippen molar-refractivity contribution in [1.82, 2.24) is 165 Å². The van der Waals surface area contributed by atoms with Crippen LogP contribution in [0.15, 0.2) is 146 Å². The number of carboxylic acids is 5. The predicted octanol–water partition coefficient (Wildman–Crippen LogP) is 11.8. The van der Waals surface area contributed by atoms with E-state index in [4.69, 9.17) is 17.2 Å². The summed E-state index contributed by atoms with van der Waals surface area (Å²) < 4.78 is 14.7. The van der Waals surface area contributed by atoms with Gasteiger partial charge >= 0.3 is 29.8 Å². The summed E-state index contributed by atoms with van der Waals surface area (Å²) in [5.41, 5.74) is 28.7. The second kappa shape index (κ2) is 58.6. The molecule has 21 N–H and O–H groups in total. The second-order valence-electron chi connectivity index (χ2n) is 40.0. The molecule has 0 radical (unpaired) electrons. The van der Waals surface area contributed by atoms with Crippen LogP contribution in [0.3, 0.4) is 0 Å². The van der Waals surface area contributed by atoms with E-state index in [0.29, 0.717) is 135 Å². The Labute approximate surface area is 868 Å². The fraction of sp³-hybridized carbons (Fsp3) is 0.515. The molecule has 0 saturated carbocycles. The van der Waals surface area contributed by atoms with Crippen LogP contribution in [-0.4, -0.2) is 248 Å². The van der Waals surface area contributed by atoms with Crippen LogP contribution in [0.2, 0.25) is 0 Å². The van der Waals surface area contributed by atoms with Gasteiger partial charge in [0, 0.05) is 133 Å². The molecule has 14 atom stereocenters. The van der Waals surface area contributed by atoms with Crippen LogP contribution >= 0.6 is 0 Å². The maximum Gasteiger partial charge on any atom is 0.307 e. The standard InChI is InChI=1S/C20H24N6O2.C19H26FN5O.C19H28N6O2.C18H26N6O2.C14H20N6O2.C13H18N6O2/c1-2-3-16(20(27)28)17(19-23-25-26-24-19)10-14-6-9-18(22-12-14)15-7-4-13(11-21)5-8-15;1-11(2)18(12(3)26)16(19-22-24-25-23-19)8-13-4-5-15(17(20)9-13)14-6-7-21-10-14;1-12(2)9-17(19(26)27)16(18-22-24-25-23-18)10-15-4-3-14(11-21-15)13-5-7-20-8-6-13;1-11(2)7-15(18(25)26)14(17-21-23-24-22-17)8-12-3-4-16(20-9-12)13-5-6-19-10-13;1-8(2)5-11(14(21)22)10(13-17-19-20-18-13)6-9-3-4-12(15)16-7-9;1-2-3-10(13(20)21)11(12-16-18-19-17-12)6-9-5-4-8(14)7-15-9/h4-9,12,16-17H,2-3,10-11,21H2,1H3,(H,27,28)(H,23,24,25,26);4-5,9,11,14,16,18,21,26H,3,6-8,10H2,1-2H3,(H,22,23,24,25);3-4,11-13,16-17,20H,5-10H2,1-2H3,(H,26,27)(H,22,23,24,25);3-4,9,11,13-15,19H,5-8,10H2,1-2H3,(H,25,26)(H,21,22,23,24);3-4,7-8,10-11H,5-6H2,1-2H3,(H2,15,16)(H,21,22)(H,17,18,19,20);4-5,7,10-11H,2-3,6,14H2,1H3,(H,20,21)(H,16,17,18,19)/t16-,17-;14?,16-,18+;16-,17-;13?,14-,15-;2*10-,11-/m000000/s1. The third-order valence-corrected chi connectivity index (χ3v) is 27.3. The van der Waals surface area contributed by atoms with Crippen LogP contribution < -0.4 is 33.2 Å². The van der Waals surface area contributed by atoms with E-state index in [1.165, 1.54) is 5.56 Å². The van der Waals surface area contributed by atoms with E-state index < -0.39 is 59.4 Å². The maximum atomic E-state index is 14.7. The quantitative estimate of drug-likeness (QED) is 0.0158. The first-order chi connectivity index (χ1) is 72.3. The topological polar surface area (TPSA) is 712 Å². The lowest BCUT2D eigenvalue weighted by Gasteiger charge is -2.27. The molecule has 11 aromatic heterocycles. The number of benzene rings is 2. The molecule has 0 amide bonds. The van der Waals surface area contributed by atoms with Gasteiger partial charge in [-0.1, -0.05) is 181 Å². The van der Waals surface area contributed by atoms with Gasteiger partial charge in [-0.3, -0.25) is 43.9 Å². The van der Waals surface area contributed by atoms with Gasteiger partial charge in [-0.2, -0.15) is 31.3 Å². The molecule has 14 heterocycles. The summed E-state index contributed by atoms with van der Waals surface area (Å²) in [5, 5.41) is 153. The van der Waals surface area contributed by atoms with Crippen molar-refractivity contribution in [3.63, 3.8) is 0 Å². The molecule has 2 unspecified atom stereocenters. The number of halogens is 1. The largest absolute Gasteiger partial charge is 0.513 e. The van der Waals surface area contributed by atoms with Crippen LogP contribution in [0.1, 0.15) is 284 Å². The molecular weight excluding hydrogens is 1920 g/mol. The van der Waals surface area contributed by atoms with Gasteiger partial charge < -0.3 is 63.8 Å². The smallest absolute Gasteiger partial charge is 0.307 e. The van der Waals surface area contributed by atoms with Crippen molar-refractivity contribution >= 4 is 41.4 Å². The number of anilines is 2. The van der Waals surface area contributed by atoms with E-state index in [1.54, 1.807) is 42.9 Å². The average molecular weight is 2070 g/mol. The number of hydrogen-bond acceptors (Lipinski definition) is 35. The van der Waals surface area contributed by atoms with Crippen molar-refractivity contribution in [3.05, 3.63) is 243 Å². The first-order valence-corrected chi connectivity index (χ1v) is 51.1. The van der Waals surface area contributed by atoms with E-state index >= 15 is 0 Å². The van der Waals surface area contributed by atoms with Crippen LogP contribution in [0.4, 0.5) is 15.9 Å². The summed E-state index contributed by atoms with van der Waals surface area (Å²) in [4.78, 5) is 80.9. The molecule has 802 valence electrons. The number of aliphatic hydroxyl groups excluding tert-OH is 1. The Morgan fingerprint density at radius 1 is 0.393 bits per heavy atom. The van der Waals surface area contributed by atoms with Crippen molar-refractivity contribution in [2.24, 2.45) is 64.9 Å². The zero-order chi connectivity index (χ0) is 108. The molecule has 3 aliphatic heterocycles. The monoisotopic (exact) mass is 2060 g/mol. The Hall–Kier alpha value is -15.1. The van der Waals surface area contributed by atoms with Crippen LogP contribution in [0.25, 0.3) is 11.3 Å². The number of tetrazole rings is 6. The van der Waals surface area contributed by atoms with Crippen molar-refractivity contribution in [1.29, 1.82) is 0 Å². The van der Waals surface area contributed by atoms with Gasteiger partial charge in [0.25, 0.3) is 0 Å². The summed E-state index contributed by atoms with van der Waals surface area (Å²) >= 11 is 0. The average Bonchev–Trinajstić information content (AvgIpc) is 1.48. The number of carbonyl (C=O) groups is 5. The number of carboxylic acid groups (broad SMARTS) is 5. The molecule has 46 nitrogen and oxygen atoms in total. The Bertz CT molecular complexity index is 6110. The van der Waals surface area contributed by atoms with E-state index in [0.717, 1.165) is 140 Å². The highest BCUT2D eigenvalue weighted by molar-refractivity contribution is 5.73. The predicted molar refractivity (Wildman–Crippen MR) is 553 cm³/mol. The molecule has 3 saturated heterocycles. The Kier molecular flexibility index (Phi) is 45.0. The number of H-pyrrole nitrogens is 6. The van der Waals surface area contributed by atoms with Crippen molar-refractivity contribution in [3.8, 4) is 11.3 Å². The van der Waals surface area contributed by atoms with Crippen molar-refractivity contribution < 1.29 is 59.0 Å². The SMILES string of the molecule is C=C(O)[C@@H](C(C)C)[C@H](Cc1ccc(C2CCNC2)c(F)c1)c1nn[nH]n1.CC(C)C[C@H](C(=O)O)[C@H](Cc1ccc(C2CCNC2)nc1)c1nn[nH]n1.CC(C)C[C@H](C(=O)O)[C@H](Cc1ccc(C2CCNCC2)cn1)c1nn[nH]n1.CC(C)C[C@H](C(=O)O)[C@H](Cc1ccc(N)nc1)c1nn[nH]n1.CCC[C@H](C(=O)O)[C@H](Cc1ccc(-c2ccc(CN)cc2)nc1)c1nn[nH]n1.CCC[C@H](C(=O)O)[C@H](Cc1ccc(N)cn1)c1nn[nH]n1. The number of piperidine rings is 1. The molecule has 13 aromatic rings. The lowest BCUT2D eigenvalue weighted by Crippen LogP contribution is -2.27. The number of nitrogens with one attached hydrogen (secondary N) is 9. The van der Waals surface area contributed by atoms with Crippen LogP contribution in [0.5, 0.6) is 0 Å². The van der Waals surface area contributed by atoms with Gasteiger partial charge in [-0.15, -0.1) is 61.2 Å².